The topological polar surface area (TPSA) is 86.8 Å². The number of nitrogens with zero attached hydrogens (tertiary/aromatic N) is 2. The van der Waals surface area contributed by atoms with Gasteiger partial charge in [-0.15, -0.1) is 0 Å². The van der Waals surface area contributed by atoms with Crippen molar-refractivity contribution in [3.63, 3.8) is 0 Å². The number of amides is 2. The Morgan fingerprint density at radius 2 is 1.75 bits per heavy atom. The van der Waals surface area contributed by atoms with Crippen molar-refractivity contribution in [1.29, 1.82) is 0 Å². The van der Waals surface area contributed by atoms with E-state index >= 15 is 0 Å². The number of halogens is 1. The molecule has 9 heteroatoms. The van der Waals surface area contributed by atoms with Crippen LogP contribution in [0.5, 0.6) is 0 Å². The summed E-state index contributed by atoms with van der Waals surface area (Å²) in [6, 6.07) is 14.0. The van der Waals surface area contributed by atoms with E-state index in [1.807, 2.05) is 37.3 Å². The summed E-state index contributed by atoms with van der Waals surface area (Å²) in [5.74, 6) is -0.660. The van der Waals surface area contributed by atoms with E-state index in [1.165, 1.54) is 11.3 Å². The van der Waals surface area contributed by atoms with Gasteiger partial charge >= 0.3 is 0 Å². The van der Waals surface area contributed by atoms with E-state index in [-0.39, 0.29) is 18.5 Å². The number of aryl methyl sites for hydroxylation is 1. The first-order chi connectivity index (χ1) is 17.1. The van der Waals surface area contributed by atoms with Gasteiger partial charge in [-0.3, -0.25) is 13.9 Å². The minimum atomic E-state index is -3.79. The van der Waals surface area contributed by atoms with Crippen LogP contribution in [0, 0.1) is 6.92 Å². The largest absolute Gasteiger partial charge is 0.352 e. The molecule has 0 aliphatic heterocycles. The maximum Gasteiger partial charge on any atom is 0.244 e. The van der Waals surface area contributed by atoms with E-state index in [9.17, 15) is 18.0 Å². The number of rotatable bonds is 10. The van der Waals surface area contributed by atoms with Crippen LogP contribution in [0.3, 0.4) is 0 Å². The molecule has 36 heavy (non-hydrogen) atoms. The van der Waals surface area contributed by atoms with Crippen LogP contribution in [0.4, 0.5) is 5.69 Å². The molecular formula is C27H36ClN3O4S. The highest BCUT2D eigenvalue weighted by Gasteiger charge is 2.31. The van der Waals surface area contributed by atoms with Gasteiger partial charge in [0, 0.05) is 17.6 Å². The lowest BCUT2D eigenvalue weighted by atomic mass is 9.95. The minimum absolute atomic E-state index is 0.113. The Balaban J connectivity index is 1.82. The zero-order valence-corrected chi connectivity index (χ0v) is 22.8. The van der Waals surface area contributed by atoms with Crippen molar-refractivity contribution in [3.8, 4) is 0 Å². The number of nitrogens with one attached hydrogen (secondary N) is 1. The second-order valence-corrected chi connectivity index (χ2v) is 11.9. The van der Waals surface area contributed by atoms with Crippen molar-refractivity contribution in [3.05, 3.63) is 64.7 Å². The second kappa shape index (κ2) is 12.6. The third-order valence-electron chi connectivity index (χ3n) is 6.73. The first kappa shape index (κ1) is 28.0. The van der Waals surface area contributed by atoms with Gasteiger partial charge in [-0.25, -0.2) is 8.42 Å². The Hall–Kier alpha value is -2.58. The summed E-state index contributed by atoms with van der Waals surface area (Å²) in [6.07, 6.45) is 6.81. The normalized spacial score (nSPS) is 15.2. The highest BCUT2D eigenvalue weighted by molar-refractivity contribution is 7.92. The fourth-order valence-electron chi connectivity index (χ4n) is 4.49. The predicted molar refractivity (Wildman–Crippen MR) is 145 cm³/mol. The molecule has 1 unspecified atom stereocenters. The molecule has 0 heterocycles. The molecule has 0 saturated heterocycles. The van der Waals surface area contributed by atoms with Gasteiger partial charge in [-0.2, -0.15) is 0 Å². The van der Waals surface area contributed by atoms with Crippen molar-refractivity contribution in [2.75, 3.05) is 23.7 Å². The highest BCUT2D eigenvalue weighted by atomic mass is 35.5. The summed E-state index contributed by atoms with van der Waals surface area (Å²) in [4.78, 5) is 28.2. The second-order valence-electron chi connectivity index (χ2n) is 9.55. The third kappa shape index (κ3) is 7.71. The molecule has 1 atom stereocenters. The number of carbonyl (C=O) groups is 2. The molecule has 2 aromatic carbocycles. The van der Waals surface area contributed by atoms with Gasteiger partial charge < -0.3 is 10.2 Å². The molecule has 0 radical (unpaired) electrons. The summed E-state index contributed by atoms with van der Waals surface area (Å²) in [7, 11) is -3.79. The number of hydrogen-bond acceptors (Lipinski definition) is 4. The monoisotopic (exact) mass is 533 g/mol. The summed E-state index contributed by atoms with van der Waals surface area (Å²) in [5, 5.41) is 3.51. The van der Waals surface area contributed by atoms with Crippen LogP contribution in [-0.4, -0.2) is 56.6 Å². The van der Waals surface area contributed by atoms with Crippen molar-refractivity contribution in [2.45, 2.75) is 64.5 Å². The average molecular weight is 534 g/mol. The standard InChI is InChI=1S/C27H36ClN3O4S/c1-20-14-15-24(18-25(20)28)31(36(3,34)35)19-26(32)30(17-16-22-10-6-4-7-11-22)21(2)27(33)29-23-12-8-5-9-13-23/h4,6-7,10-11,14-15,18,21,23H,5,8-9,12-13,16-17,19H2,1-3H3,(H,29,33). The molecular weight excluding hydrogens is 498 g/mol. The van der Waals surface area contributed by atoms with E-state index in [0.29, 0.717) is 17.1 Å². The Morgan fingerprint density at radius 3 is 2.36 bits per heavy atom. The molecule has 196 valence electrons. The van der Waals surface area contributed by atoms with Crippen LogP contribution >= 0.6 is 11.6 Å². The van der Waals surface area contributed by atoms with Gasteiger partial charge in [0.1, 0.15) is 12.6 Å². The summed E-state index contributed by atoms with van der Waals surface area (Å²) in [6.45, 7) is 3.39. The maximum atomic E-state index is 13.6. The molecule has 2 amide bonds. The smallest absolute Gasteiger partial charge is 0.244 e. The van der Waals surface area contributed by atoms with Gasteiger partial charge in [0.25, 0.3) is 0 Å². The Labute approximate surface area is 219 Å². The molecule has 1 aliphatic carbocycles. The van der Waals surface area contributed by atoms with Crippen molar-refractivity contribution < 1.29 is 18.0 Å². The number of carbonyl (C=O) groups excluding carboxylic acids is 2. The molecule has 7 nitrogen and oxygen atoms in total. The first-order valence-corrected chi connectivity index (χ1v) is 14.7. The van der Waals surface area contributed by atoms with Crippen LogP contribution in [0.1, 0.15) is 50.2 Å². The van der Waals surface area contributed by atoms with E-state index in [0.717, 1.165) is 47.4 Å². The molecule has 1 fully saturated rings. The van der Waals surface area contributed by atoms with Gasteiger partial charge in [-0.05, 0) is 56.4 Å². The van der Waals surface area contributed by atoms with Crippen LogP contribution in [0.15, 0.2) is 48.5 Å². The first-order valence-electron chi connectivity index (χ1n) is 12.4. The molecule has 1 aliphatic rings. The Bertz CT molecular complexity index is 1150. The van der Waals surface area contributed by atoms with Crippen LogP contribution in [-0.2, 0) is 26.0 Å². The van der Waals surface area contributed by atoms with E-state index in [2.05, 4.69) is 5.32 Å². The fraction of sp³-hybridized carbons (Fsp3) is 0.481. The van der Waals surface area contributed by atoms with Crippen molar-refractivity contribution >= 4 is 39.1 Å². The fourth-order valence-corrected chi connectivity index (χ4v) is 5.51. The molecule has 0 aromatic heterocycles. The summed E-state index contributed by atoms with van der Waals surface area (Å²) >= 11 is 6.24. The van der Waals surface area contributed by atoms with Crippen molar-refractivity contribution in [2.24, 2.45) is 0 Å². The average Bonchev–Trinajstić information content (AvgIpc) is 2.85. The molecule has 2 aromatic rings. The number of anilines is 1. The van der Waals surface area contributed by atoms with E-state index in [4.69, 9.17) is 11.6 Å². The summed E-state index contributed by atoms with van der Waals surface area (Å²) in [5.41, 5.74) is 2.14. The Morgan fingerprint density at radius 1 is 1.08 bits per heavy atom. The molecule has 0 bridgehead atoms. The number of hydrogen-bond donors (Lipinski definition) is 1. The van der Waals surface area contributed by atoms with Crippen LogP contribution in [0.25, 0.3) is 0 Å². The minimum Gasteiger partial charge on any atom is -0.352 e. The maximum absolute atomic E-state index is 13.6. The van der Waals surface area contributed by atoms with E-state index < -0.39 is 28.5 Å². The van der Waals surface area contributed by atoms with Gasteiger partial charge in [0.15, 0.2) is 0 Å². The number of sulfonamides is 1. The zero-order chi connectivity index (χ0) is 26.3. The van der Waals surface area contributed by atoms with Crippen molar-refractivity contribution in [1.82, 2.24) is 10.2 Å². The SMILES string of the molecule is Cc1ccc(N(CC(=O)N(CCc2ccccc2)C(C)C(=O)NC2CCCCC2)S(C)(=O)=O)cc1Cl. The van der Waals surface area contributed by atoms with Gasteiger partial charge in [0.05, 0.1) is 11.9 Å². The lowest BCUT2D eigenvalue weighted by Crippen LogP contribution is -2.53. The lowest BCUT2D eigenvalue weighted by Gasteiger charge is -2.33. The number of benzene rings is 2. The quantitative estimate of drug-likeness (QED) is 0.492. The zero-order valence-electron chi connectivity index (χ0n) is 21.2. The molecule has 1 saturated carbocycles. The molecule has 0 spiro atoms. The van der Waals surface area contributed by atoms with Crippen LogP contribution in [0.2, 0.25) is 5.02 Å². The Kier molecular flexibility index (Phi) is 9.79. The highest BCUT2D eigenvalue weighted by Crippen LogP contribution is 2.25. The summed E-state index contributed by atoms with van der Waals surface area (Å²) < 4.78 is 26.4. The van der Waals surface area contributed by atoms with Gasteiger partial charge in [0.2, 0.25) is 21.8 Å². The van der Waals surface area contributed by atoms with Gasteiger partial charge in [-0.1, -0.05) is 67.3 Å². The third-order valence-corrected chi connectivity index (χ3v) is 8.27. The van der Waals surface area contributed by atoms with E-state index in [1.54, 1.807) is 25.1 Å². The molecule has 1 N–H and O–H groups in total. The van der Waals surface area contributed by atoms with Crippen LogP contribution < -0.4 is 9.62 Å². The molecule has 3 rings (SSSR count). The predicted octanol–water partition coefficient (Wildman–Crippen LogP) is 4.32. The lowest BCUT2D eigenvalue weighted by molar-refractivity contribution is -0.139.